The number of amides is 1. The molecule has 0 saturated heterocycles. The molecule has 0 spiro atoms. The predicted molar refractivity (Wildman–Crippen MR) is 131 cm³/mol. The number of nitrogens with zero attached hydrogens (tertiary/aromatic N) is 1. The molecule has 1 N–H and O–H groups in total. The van der Waals surface area contributed by atoms with Gasteiger partial charge in [-0.2, -0.15) is 5.10 Å². The van der Waals surface area contributed by atoms with Gasteiger partial charge in [-0.05, 0) is 79.1 Å². The molecule has 0 aromatic heterocycles. The van der Waals surface area contributed by atoms with Crippen LogP contribution < -0.4 is 19.6 Å². The zero-order valence-corrected chi connectivity index (χ0v) is 18.9. The van der Waals surface area contributed by atoms with E-state index < -0.39 is 5.97 Å². The lowest BCUT2D eigenvalue weighted by Crippen LogP contribution is -2.24. The maximum absolute atomic E-state index is 12.3. The van der Waals surface area contributed by atoms with Crippen molar-refractivity contribution in [1.29, 1.82) is 0 Å². The van der Waals surface area contributed by atoms with E-state index in [0.717, 1.165) is 11.1 Å². The van der Waals surface area contributed by atoms with Crippen molar-refractivity contribution in [3.63, 3.8) is 0 Å². The standard InChI is InChI=1S/C27H26N2O5/c1-3-7-21-8-5-6-9-25(21)33-19-26(30)29-28-18-20-10-14-24(15-11-20)34-27(31)22-12-16-23(17-13-22)32-4-2/h3,5-6,8-18H,1,4,7,19H2,2H3,(H,29,30)/b28-18-. The van der Waals surface area contributed by atoms with Gasteiger partial charge < -0.3 is 14.2 Å². The number of benzene rings is 3. The first-order valence-corrected chi connectivity index (χ1v) is 10.8. The molecule has 34 heavy (non-hydrogen) atoms. The third kappa shape index (κ3) is 7.34. The van der Waals surface area contributed by atoms with Crippen molar-refractivity contribution >= 4 is 18.1 Å². The minimum absolute atomic E-state index is 0.161. The van der Waals surface area contributed by atoms with E-state index in [1.807, 2.05) is 25.1 Å². The Bertz CT molecular complexity index is 1140. The average molecular weight is 459 g/mol. The molecule has 3 rings (SSSR count). The minimum Gasteiger partial charge on any atom is -0.494 e. The van der Waals surface area contributed by atoms with Gasteiger partial charge in [-0.3, -0.25) is 4.79 Å². The number of rotatable bonds is 11. The Hall–Kier alpha value is -4.39. The molecule has 0 radical (unpaired) electrons. The first kappa shape index (κ1) is 24.3. The first-order chi connectivity index (χ1) is 16.6. The van der Waals surface area contributed by atoms with Crippen molar-refractivity contribution in [3.05, 3.63) is 102 Å². The molecule has 0 fully saturated rings. The second-order valence-electron chi connectivity index (χ2n) is 7.10. The monoisotopic (exact) mass is 458 g/mol. The van der Waals surface area contributed by atoms with Crippen molar-refractivity contribution in [1.82, 2.24) is 5.43 Å². The summed E-state index contributed by atoms with van der Waals surface area (Å²) in [7, 11) is 0. The quantitative estimate of drug-likeness (QED) is 0.150. The first-order valence-electron chi connectivity index (χ1n) is 10.8. The molecular weight excluding hydrogens is 432 g/mol. The van der Waals surface area contributed by atoms with E-state index in [1.165, 1.54) is 6.21 Å². The summed E-state index contributed by atoms with van der Waals surface area (Å²) < 4.78 is 16.3. The fourth-order valence-electron chi connectivity index (χ4n) is 2.96. The highest BCUT2D eigenvalue weighted by atomic mass is 16.5. The Balaban J connectivity index is 1.46. The van der Waals surface area contributed by atoms with E-state index in [9.17, 15) is 9.59 Å². The maximum Gasteiger partial charge on any atom is 0.343 e. The molecule has 0 bridgehead atoms. The Morgan fingerprint density at radius 3 is 2.35 bits per heavy atom. The molecule has 174 valence electrons. The van der Waals surface area contributed by atoms with Crippen molar-refractivity contribution in [2.45, 2.75) is 13.3 Å². The summed E-state index contributed by atoms with van der Waals surface area (Å²) in [4.78, 5) is 24.3. The van der Waals surface area contributed by atoms with Gasteiger partial charge in [0.15, 0.2) is 6.61 Å². The minimum atomic E-state index is -0.466. The molecule has 0 aliphatic rings. The van der Waals surface area contributed by atoms with Gasteiger partial charge in [0, 0.05) is 0 Å². The van der Waals surface area contributed by atoms with E-state index in [1.54, 1.807) is 60.7 Å². The number of ether oxygens (including phenoxy) is 3. The molecule has 0 unspecified atom stereocenters. The zero-order valence-electron chi connectivity index (χ0n) is 18.9. The molecule has 7 nitrogen and oxygen atoms in total. The van der Waals surface area contributed by atoms with Gasteiger partial charge in [0.1, 0.15) is 17.2 Å². The van der Waals surface area contributed by atoms with Crippen LogP contribution in [0.15, 0.2) is 90.6 Å². The summed E-state index contributed by atoms with van der Waals surface area (Å²) in [5.74, 6) is 0.874. The van der Waals surface area contributed by atoms with Crippen molar-refractivity contribution in [2.24, 2.45) is 5.10 Å². The number of carbonyl (C=O) groups excluding carboxylic acids is 2. The topological polar surface area (TPSA) is 86.2 Å². The van der Waals surface area contributed by atoms with Gasteiger partial charge in [0.2, 0.25) is 0 Å². The van der Waals surface area contributed by atoms with Crippen LogP contribution in [0.4, 0.5) is 0 Å². The van der Waals surface area contributed by atoms with Crippen LogP contribution in [0.1, 0.15) is 28.4 Å². The average Bonchev–Trinajstić information content (AvgIpc) is 2.85. The highest BCUT2D eigenvalue weighted by molar-refractivity contribution is 5.91. The summed E-state index contributed by atoms with van der Waals surface area (Å²) >= 11 is 0. The van der Waals surface area contributed by atoms with Crippen molar-refractivity contribution < 1.29 is 23.8 Å². The van der Waals surface area contributed by atoms with Gasteiger partial charge in [-0.1, -0.05) is 24.3 Å². The predicted octanol–water partition coefficient (Wildman–Crippen LogP) is 4.56. The molecule has 0 aliphatic heterocycles. The van der Waals surface area contributed by atoms with E-state index >= 15 is 0 Å². The lowest BCUT2D eigenvalue weighted by atomic mass is 10.1. The third-order valence-corrected chi connectivity index (χ3v) is 4.59. The lowest BCUT2D eigenvalue weighted by Gasteiger charge is -2.09. The zero-order chi connectivity index (χ0) is 24.2. The Kier molecular flexibility index (Phi) is 8.99. The number of allylic oxidation sites excluding steroid dienone is 1. The Morgan fingerprint density at radius 2 is 1.65 bits per heavy atom. The molecule has 3 aromatic carbocycles. The van der Waals surface area contributed by atoms with Crippen LogP contribution in [-0.2, 0) is 11.2 Å². The summed E-state index contributed by atoms with van der Waals surface area (Å²) in [5, 5.41) is 3.93. The van der Waals surface area contributed by atoms with Gasteiger partial charge in [0.05, 0.1) is 18.4 Å². The molecule has 0 heterocycles. The number of hydrogen-bond donors (Lipinski definition) is 1. The third-order valence-electron chi connectivity index (χ3n) is 4.59. The number of carbonyl (C=O) groups is 2. The van der Waals surface area contributed by atoms with Crippen LogP contribution in [0.2, 0.25) is 0 Å². The number of nitrogens with one attached hydrogen (secondary N) is 1. The molecule has 0 aliphatic carbocycles. The largest absolute Gasteiger partial charge is 0.494 e. The summed E-state index contributed by atoms with van der Waals surface area (Å²) in [6, 6.07) is 21.0. The Labute approximate surface area is 198 Å². The van der Waals surface area contributed by atoms with Crippen LogP contribution in [0.25, 0.3) is 0 Å². The number of hydrazone groups is 1. The lowest BCUT2D eigenvalue weighted by molar-refractivity contribution is -0.123. The van der Waals surface area contributed by atoms with Gasteiger partial charge >= 0.3 is 5.97 Å². The van der Waals surface area contributed by atoms with E-state index in [0.29, 0.717) is 35.8 Å². The van der Waals surface area contributed by atoms with E-state index in [4.69, 9.17) is 14.2 Å². The molecule has 0 atom stereocenters. The van der Waals surface area contributed by atoms with Crippen LogP contribution in [-0.4, -0.2) is 31.3 Å². The number of hydrogen-bond acceptors (Lipinski definition) is 6. The summed E-state index contributed by atoms with van der Waals surface area (Å²) in [6.07, 6.45) is 3.92. The van der Waals surface area contributed by atoms with E-state index in [-0.39, 0.29) is 12.5 Å². The fraction of sp³-hybridized carbons (Fsp3) is 0.148. The van der Waals surface area contributed by atoms with Crippen LogP contribution in [0.3, 0.4) is 0 Å². The second-order valence-corrected chi connectivity index (χ2v) is 7.10. The molecule has 7 heteroatoms. The van der Waals surface area contributed by atoms with E-state index in [2.05, 4.69) is 17.1 Å². The van der Waals surface area contributed by atoms with Gasteiger partial charge in [-0.25, -0.2) is 10.2 Å². The van der Waals surface area contributed by atoms with Crippen LogP contribution in [0, 0.1) is 0 Å². The molecule has 1 amide bonds. The summed E-state index contributed by atoms with van der Waals surface area (Å²) in [5.41, 5.74) is 4.52. The second kappa shape index (κ2) is 12.6. The molecule has 3 aromatic rings. The summed E-state index contributed by atoms with van der Waals surface area (Å²) in [6.45, 7) is 6.01. The number of para-hydroxylation sites is 1. The maximum atomic E-state index is 12.3. The Morgan fingerprint density at radius 1 is 0.941 bits per heavy atom. The number of esters is 1. The normalized spacial score (nSPS) is 10.5. The fourth-order valence-corrected chi connectivity index (χ4v) is 2.96. The highest BCUT2D eigenvalue weighted by Crippen LogP contribution is 2.19. The van der Waals surface area contributed by atoms with Crippen molar-refractivity contribution in [3.8, 4) is 17.2 Å². The van der Waals surface area contributed by atoms with Crippen molar-refractivity contribution in [2.75, 3.05) is 13.2 Å². The van der Waals surface area contributed by atoms with Crippen LogP contribution >= 0.6 is 0 Å². The van der Waals surface area contributed by atoms with Gasteiger partial charge in [0.25, 0.3) is 5.91 Å². The SMILES string of the molecule is C=CCc1ccccc1OCC(=O)N/N=C\c1ccc(OC(=O)c2ccc(OCC)cc2)cc1. The smallest absolute Gasteiger partial charge is 0.343 e. The van der Waals surface area contributed by atoms with Gasteiger partial charge in [-0.15, -0.1) is 6.58 Å². The van der Waals surface area contributed by atoms with Crippen LogP contribution in [0.5, 0.6) is 17.2 Å². The highest BCUT2D eigenvalue weighted by Gasteiger charge is 2.09. The molecule has 0 saturated carbocycles. The molecular formula is C27H26N2O5.